The van der Waals surface area contributed by atoms with Crippen molar-refractivity contribution in [2.45, 2.75) is 12.3 Å². The summed E-state index contributed by atoms with van der Waals surface area (Å²) in [6, 6.07) is 5.36. The summed E-state index contributed by atoms with van der Waals surface area (Å²) >= 11 is 0. The molecule has 0 aliphatic carbocycles. The Morgan fingerprint density at radius 3 is 2.83 bits per heavy atom. The van der Waals surface area contributed by atoms with Crippen molar-refractivity contribution >= 4 is 17.6 Å². The van der Waals surface area contributed by atoms with Gasteiger partial charge in [-0.25, -0.2) is 0 Å². The van der Waals surface area contributed by atoms with Gasteiger partial charge in [-0.2, -0.15) is 0 Å². The number of hydrogen-bond acceptors (Lipinski definition) is 3. The van der Waals surface area contributed by atoms with Gasteiger partial charge in [0.2, 0.25) is 5.91 Å². The molecule has 1 aromatic carbocycles. The number of aliphatic carboxylic acids is 1. The monoisotopic (exact) mass is 248 g/mol. The zero-order chi connectivity index (χ0) is 13.3. The van der Waals surface area contributed by atoms with Crippen molar-refractivity contribution in [3.05, 3.63) is 29.3 Å². The van der Waals surface area contributed by atoms with Crippen LogP contribution in [-0.2, 0) is 16.0 Å². The zero-order valence-corrected chi connectivity index (χ0v) is 10.4. The number of hydrogen-bond donors (Lipinski definition) is 2. The van der Waals surface area contributed by atoms with Crippen LogP contribution in [0, 0.1) is 0 Å². The number of amides is 1. The molecule has 1 atom stereocenters. The van der Waals surface area contributed by atoms with Crippen LogP contribution in [0.1, 0.15) is 17.0 Å². The van der Waals surface area contributed by atoms with E-state index in [1.54, 1.807) is 12.1 Å². The van der Waals surface area contributed by atoms with Gasteiger partial charge < -0.3 is 15.3 Å². The van der Waals surface area contributed by atoms with E-state index in [-0.39, 0.29) is 5.91 Å². The first-order chi connectivity index (χ1) is 8.47. The van der Waals surface area contributed by atoms with Gasteiger partial charge in [-0.1, -0.05) is 12.1 Å². The third-order valence-corrected chi connectivity index (χ3v) is 3.00. The Morgan fingerprint density at radius 1 is 1.50 bits per heavy atom. The Balaban J connectivity index is 2.29. The lowest BCUT2D eigenvalue weighted by atomic mass is 9.96. The van der Waals surface area contributed by atoms with E-state index in [2.05, 4.69) is 5.32 Å². The van der Waals surface area contributed by atoms with Gasteiger partial charge in [0.05, 0.1) is 12.3 Å². The minimum Gasteiger partial charge on any atom is -0.481 e. The lowest BCUT2D eigenvalue weighted by Crippen LogP contribution is -2.26. The van der Waals surface area contributed by atoms with Crippen LogP contribution in [-0.4, -0.2) is 42.5 Å². The third-order valence-electron chi connectivity index (χ3n) is 3.00. The van der Waals surface area contributed by atoms with Crippen molar-refractivity contribution in [3.8, 4) is 0 Å². The van der Waals surface area contributed by atoms with Crippen molar-refractivity contribution in [2.75, 3.05) is 26.0 Å². The number of carbonyl (C=O) groups is 2. The number of carboxylic acid groups (broad SMARTS) is 1. The van der Waals surface area contributed by atoms with Crippen LogP contribution in [0.4, 0.5) is 5.69 Å². The number of fused-ring (bicyclic) bond motifs is 1. The topological polar surface area (TPSA) is 69.6 Å². The van der Waals surface area contributed by atoms with Crippen LogP contribution in [0.2, 0.25) is 0 Å². The maximum Gasteiger partial charge on any atom is 0.312 e. The SMILES string of the molecule is CN(C)CC(C(=O)O)c1ccc2c(c1)CC(=O)N2. The van der Waals surface area contributed by atoms with Crippen LogP contribution in [0.15, 0.2) is 18.2 Å². The molecule has 1 unspecified atom stereocenters. The Labute approximate surface area is 105 Å². The molecule has 2 N–H and O–H groups in total. The Kier molecular flexibility index (Phi) is 3.34. The molecule has 18 heavy (non-hydrogen) atoms. The molecule has 1 heterocycles. The highest BCUT2D eigenvalue weighted by molar-refractivity contribution is 5.99. The average Bonchev–Trinajstić information content (AvgIpc) is 2.64. The number of nitrogens with one attached hydrogen (secondary N) is 1. The maximum absolute atomic E-state index is 11.3. The molecule has 5 nitrogen and oxygen atoms in total. The van der Waals surface area contributed by atoms with Gasteiger partial charge in [-0.3, -0.25) is 9.59 Å². The molecule has 1 aliphatic heterocycles. The predicted molar refractivity (Wildman–Crippen MR) is 67.7 cm³/mol. The van der Waals surface area contributed by atoms with Gasteiger partial charge in [-0.15, -0.1) is 0 Å². The van der Waals surface area contributed by atoms with E-state index in [1.807, 2.05) is 25.1 Å². The van der Waals surface area contributed by atoms with Gasteiger partial charge in [0.1, 0.15) is 0 Å². The number of likely N-dealkylation sites (N-methyl/N-ethyl adjacent to an activating group) is 1. The van der Waals surface area contributed by atoms with E-state index in [9.17, 15) is 14.7 Å². The molecular weight excluding hydrogens is 232 g/mol. The molecule has 96 valence electrons. The van der Waals surface area contributed by atoms with Crippen molar-refractivity contribution in [1.29, 1.82) is 0 Å². The molecule has 1 aliphatic rings. The number of anilines is 1. The van der Waals surface area contributed by atoms with Crippen molar-refractivity contribution in [3.63, 3.8) is 0 Å². The Morgan fingerprint density at radius 2 is 2.22 bits per heavy atom. The van der Waals surface area contributed by atoms with Gasteiger partial charge in [0.25, 0.3) is 0 Å². The lowest BCUT2D eigenvalue weighted by molar-refractivity contribution is -0.139. The van der Waals surface area contributed by atoms with Crippen LogP contribution >= 0.6 is 0 Å². The standard InChI is InChI=1S/C13H16N2O3/c1-15(2)7-10(13(17)18)8-3-4-11-9(5-8)6-12(16)14-11/h3-5,10H,6-7H2,1-2H3,(H,14,16)(H,17,18). The van der Waals surface area contributed by atoms with Crippen LogP contribution in [0.5, 0.6) is 0 Å². The zero-order valence-electron chi connectivity index (χ0n) is 10.4. The summed E-state index contributed by atoms with van der Waals surface area (Å²) in [7, 11) is 3.68. The molecule has 0 bridgehead atoms. The summed E-state index contributed by atoms with van der Waals surface area (Å²) in [5, 5.41) is 12.0. The largest absolute Gasteiger partial charge is 0.481 e. The molecule has 2 rings (SSSR count). The average molecular weight is 248 g/mol. The van der Waals surface area contributed by atoms with Crippen LogP contribution in [0.3, 0.4) is 0 Å². The van der Waals surface area contributed by atoms with Crippen LogP contribution in [0.25, 0.3) is 0 Å². The highest BCUT2D eigenvalue weighted by Gasteiger charge is 2.24. The molecule has 0 spiro atoms. The molecule has 0 aromatic heterocycles. The highest BCUT2D eigenvalue weighted by Crippen LogP contribution is 2.27. The summed E-state index contributed by atoms with van der Waals surface area (Å²) in [6.45, 7) is 0.440. The minimum atomic E-state index is -0.846. The molecule has 1 aromatic rings. The third kappa shape index (κ3) is 2.51. The molecule has 0 fully saturated rings. The number of nitrogens with zero attached hydrogens (tertiary/aromatic N) is 1. The van der Waals surface area contributed by atoms with E-state index in [1.165, 1.54) is 0 Å². The highest BCUT2D eigenvalue weighted by atomic mass is 16.4. The lowest BCUT2D eigenvalue weighted by Gasteiger charge is -2.18. The Bertz CT molecular complexity index is 497. The minimum absolute atomic E-state index is 0.0402. The maximum atomic E-state index is 11.3. The van der Waals surface area contributed by atoms with Crippen molar-refractivity contribution in [2.24, 2.45) is 0 Å². The molecule has 0 saturated heterocycles. The second-order valence-corrected chi connectivity index (χ2v) is 4.79. The smallest absolute Gasteiger partial charge is 0.312 e. The molecule has 0 saturated carbocycles. The molecule has 5 heteroatoms. The molecule has 0 radical (unpaired) electrons. The summed E-state index contributed by atoms with van der Waals surface area (Å²) < 4.78 is 0. The summed E-state index contributed by atoms with van der Waals surface area (Å²) in [6.07, 6.45) is 0.331. The van der Waals surface area contributed by atoms with Gasteiger partial charge >= 0.3 is 5.97 Å². The van der Waals surface area contributed by atoms with E-state index in [0.29, 0.717) is 13.0 Å². The Hall–Kier alpha value is -1.88. The van der Waals surface area contributed by atoms with Crippen molar-refractivity contribution < 1.29 is 14.7 Å². The van der Waals surface area contributed by atoms with Gasteiger partial charge in [0, 0.05) is 12.2 Å². The number of carbonyl (C=O) groups excluding carboxylic acids is 1. The van der Waals surface area contributed by atoms with Crippen LogP contribution < -0.4 is 5.32 Å². The summed E-state index contributed by atoms with van der Waals surface area (Å²) in [4.78, 5) is 24.4. The first-order valence-electron chi connectivity index (χ1n) is 5.77. The fourth-order valence-corrected chi connectivity index (χ4v) is 2.16. The predicted octanol–water partition coefficient (Wildman–Crippen LogP) is 0.911. The van der Waals surface area contributed by atoms with Crippen molar-refractivity contribution in [1.82, 2.24) is 4.90 Å². The fraction of sp³-hybridized carbons (Fsp3) is 0.385. The second-order valence-electron chi connectivity index (χ2n) is 4.79. The molecule has 1 amide bonds. The molecular formula is C13H16N2O3. The normalized spacial score (nSPS) is 15.4. The number of rotatable bonds is 4. The summed E-state index contributed by atoms with van der Waals surface area (Å²) in [5.74, 6) is -1.46. The van der Waals surface area contributed by atoms with Gasteiger partial charge in [0.15, 0.2) is 0 Å². The fourth-order valence-electron chi connectivity index (χ4n) is 2.16. The van der Waals surface area contributed by atoms with E-state index < -0.39 is 11.9 Å². The van der Waals surface area contributed by atoms with E-state index >= 15 is 0 Å². The van der Waals surface area contributed by atoms with E-state index in [0.717, 1.165) is 16.8 Å². The first kappa shape index (κ1) is 12.6. The first-order valence-corrected chi connectivity index (χ1v) is 5.77. The number of carboxylic acids is 1. The van der Waals surface area contributed by atoms with Gasteiger partial charge in [-0.05, 0) is 31.3 Å². The summed E-state index contributed by atoms with van der Waals surface area (Å²) in [5.41, 5.74) is 2.41. The van der Waals surface area contributed by atoms with E-state index in [4.69, 9.17) is 0 Å². The quantitative estimate of drug-likeness (QED) is 0.831. The second kappa shape index (κ2) is 4.78. The number of benzene rings is 1.